The van der Waals surface area contributed by atoms with Crippen LogP contribution in [-0.2, 0) is 4.79 Å². The van der Waals surface area contributed by atoms with E-state index in [0.717, 1.165) is 48.7 Å². The lowest BCUT2D eigenvalue weighted by atomic mass is 9.99. The van der Waals surface area contributed by atoms with Gasteiger partial charge in [-0.25, -0.2) is 0 Å². The van der Waals surface area contributed by atoms with Crippen molar-refractivity contribution in [1.82, 2.24) is 4.90 Å². The fraction of sp³-hybridized carbons (Fsp3) is 0.350. The van der Waals surface area contributed by atoms with Gasteiger partial charge in [0.1, 0.15) is 5.75 Å². The zero-order chi connectivity index (χ0) is 16.1. The second-order valence-electron chi connectivity index (χ2n) is 6.21. The molecule has 0 aromatic heterocycles. The Morgan fingerprint density at radius 2 is 1.70 bits per heavy atom. The summed E-state index contributed by atoms with van der Waals surface area (Å²) >= 11 is 0. The van der Waals surface area contributed by atoms with Crippen molar-refractivity contribution >= 4 is 5.91 Å². The van der Waals surface area contributed by atoms with Crippen LogP contribution in [0.15, 0.2) is 54.6 Å². The Hall–Kier alpha value is -2.29. The van der Waals surface area contributed by atoms with Gasteiger partial charge in [-0.2, -0.15) is 0 Å². The van der Waals surface area contributed by atoms with Crippen LogP contribution in [0.1, 0.15) is 19.8 Å². The Morgan fingerprint density at radius 1 is 1.04 bits per heavy atom. The van der Waals surface area contributed by atoms with Gasteiger partial charge in [0.05, 0.1) is 0 Å². The SMILES string of the molecule is CC1CCN(C(=O)COc2ccccc2-c2ccccc2)CC1. The molecule has 2 aromatic rings. The smallest absolute Gasteiger partial charge is 0.260 e. The van der Waals surface area contributed by atoms with E-state index in [-0.39, 0.29) is 12.5 Å². The molecule has 0 radical (unpaired) electrons. The summed E-state index contributed by atoms with van der Waals surface area (Å²) in [6.45, 7) is 4.06. The Balaban J connectivity index is 1.66. The lowest BCUT2D eigenvalue weighted by molar-refractivity contribution is -0.134. The number of benzene rings is 2. The van der Waals surface area contributed by atoms with Gasteiger partial charge in [-0.05, 0) is 30.4 Å². The number of likely N-dealkylation sites (tertiary alicyclic amines) is 1. The molecule has 3 heteroatoms. The third kappa shape index (κ3) is 3.92. The van der Waals surface area contributed by atoms with Crippen LogP contribution in [0.3, 0.4) is 0 Å². The van der Waals surface area contributed by atoms with Gasteiger partial charge in [0.25, 0.3) is 5.91 Å². The number of ether oxygens (including phenoxy) is 1. The standard InChI is InChI=1S/C20H23NO2/c1-16-11-13-21(14-12-16)20(22)15-23-19-10-6-5-9-18(19)17-7-3-2-4-8-17/h2-10,16H,11-15H2,1H3. The van der Waals surface area contributed by atoms with Gasteiger partial charge in [0.2, 0.25) is 0 Å². The number of hydrogen-bond donors (Lipinski definition) is 0. The zero-order valence-corrected chi connectivity index (χ0v) is 13.6. The predicted molar refractivity (Wildman–Crippen MR) is 92.4 cm³/mol. The third-order valence-electron chi connectivity index (χ3n) is 4.46. The van der Waals surface area contributed by atoms with Crippen LogP contribution in [-0.4, -0.2) is 30.5 Å². The first-order valence-corrected chi connectivity index (χ1v) is 8.29. The van der Waals surface area contributed by atoms with Gasteiger partial charge in [0.15, 0.2) is 6.61 Å². The Bertz CT molecular complexity index is 646. The Morgan fingerprint density at radius 3 is 2.43 bits per heavy atom. The molecule has 1 aliphatic heterocycles. The minimum Gasteiger partial charge on any atom is -0.483 e. The van der Waals surface area contributed by atoms with E-state index in [1.54, 1.807) is 0 Å². The highest BCUT2D eigenvalue weighted by Crippen LogP contribution is 2.29. The first-order chi connectivity index (χ1) is 11.2. The molecule has 0 bridgehead atoms. The Kier molecular flexibility index (Phi) is 4.96. The van der Waals surface area contributed by atoms with Crippen LogP contribution in [0.25, 0.3) is 11.1 Å². The number of carbonyl (C=O) groups excluding carboxylic acids is 1. The molecule has 0 spiro atoms. The first kappa shape index (κ1) is 15.6. The van der Waals surface area contributed by atoms with E-state index in [9.17, 15) is 4.79 Å². The molecule has 0 N–H and O–H groups in total. The van der Waals surface area contributed by atoms with E-state index in [4.69, 9.17) is 4.74 Å². The van der Waals surface area contributed by atoms with E-state index in [2.05, 4.69) is 19.1 Å². The van der Waals surface area contributed by atoms with E-state index < -0.39 is 0 Å². The summed E-state index contributed by atoms with van der Waals surface area (Å²) in [5.74, 6) is 1.57. The van der Waals surface area contributed by atoms with E-state index in [0.29, 0.717) is 0 Å². The molecular formula is C20H23NO2. The first-order valence-electron chi connectivity index (χ1n) is 8.29. The summed E-state index contributed by atoms with van der Waals surface area (Å²) in [4.78, 5) is 14.2. The van der Waals surface area contributed by atoms with Crippen molar-refractivity contribution in [3.05, 3.63) is 54.6 Å². The average Bonchev–Trinajstić information content (AvgIpc) is 2.61. The summed E-state index contributed by atoms with van der Waals surface area (Å²) in [6, 6.07) is 18.0. The summed E-state index contributed by atoms with van der Waals surface area (Å²) in [6.07, 6.45) is 2.18. The lowest BCUT2D eigenvalue weighted by Gasteiger charge is -2.30. The van der Waals surface area contributed by atoms with Crippen molar-refractivity contribution in [2.24, 2.45) is 5.92 Å². The minimum atomic E-state index is 0.0831. The van der Waals surface area contributed by atoms with Crippen molar-refractivity contribution in [3.8, 4) is 16.9 Å². The molecule has 1 fully saturated rings. The number of carbonyl (C=O) groups is 1. The molecule has 120 valence electrons. The van der Waals surface area contributed by atoms with Gasteiger partial charge >= 0.3 is 0 Å². The summed E-state index contributed by atoms with van der Waals surface area (Å²) in [5.41, 5.74) is 2.12. The van der Waals surface area contributed by atoms with E-state index in [1.165, 1.54) is 0 Å². The van der Waals surface area contributed by atoms with E-state index >= 15 is 0 Å². The maximum absolute atomic E-state index is 12.3. The summed E-state index contributed by atoms with van der Waals surface area (Å²) in [5, 5.41) is 0. The number of para-hydroxylation sites is 1. The molecule has 3 rings (SSSR count). The molecule has 0 unspecified atom stereocenters. The van der Waals surface area contributed by atoms with Crippen molar-refractivity contribution in [1.29, 1.82) is 0 Å². The van der Waals surface area contributed by atoms with Crippen LogP contribution in [0.2, 0.25) is 0 Å². The monoisotopic (exact) mass is 309 g/mol. The van der Waals surface area contributed by atoms with Gasteiger partial charge in [-0.15, -0.1) is 0 Å². The molecule has 1 heterocycles. The third-order valence-corrected chi connectivity index (χ3v) is 4.46. The normalized spacial score (nSPS) is 15.4. The fourth-order valence-electron chi connectivity index (χ4n) is 2.94. The van der Waals surface area contributed by atoms with Gasteiger partial charge < -0.3 is 9.64 Å². The number of piperidine rings is 1. The number of amides is 1. The molecule has 2 aromatic carbocycles. The van der Waals surface area contributed by atoms with Crippen molar-refractivity contribution < 1.29 is 9.53 Å². The largest absolute Gasteiger partial charge is 0.483 e. The average molecular weight is 309 g/mol. The van der Waals surface area contributed by atoms with Crippen molar-refractivity contribution in [2.75, 3.05) is 19.7 Å². The van der Waals surface area contributed by atoms with Crippen LogP contribution < -0.4 is 4.74 Å². The summed E-state index contributed by atoms with van der Waals surface area (Å²) in [7, 11) is 0. The zero-order valence-electron chi connectivity index (χ0n) is 13.6. The van der Waals surface area contributed by atoms with Gasteiger partial charge in [0, 0.05) is 18.7 Å². The highest BCUT2D eigenvalue weighted by molar-refractivity contribution is 5.78. The highest BCUT2D eigenvalue weighted by atomic mass is 16.5. The minimum absolute atomic E-state index is 0.0831. The molecule has 23 heavy (non-hydrogen) atoms. The molecule has 0 aliphatic carbocycles. The second-order valence-corrected chi connectivity index (χ2v) is 6.21. The maximum atomic E-state index is 12.3. The number of nitrogens with zero attached hydrogens (tertiary/aromatic N) is 1. The lowest BCUT2D eigenvalue weighted by Crippen LogP contribution is -2.40. The maximum Gasteiger partial charge on any atom is 0.260 e. The Labute approximate surface area is 137 Å². The van der Waals surface area contributed by atoms with Crippen LogP contribution in [0, 0.1) is 5.92 Å². The molecule has 0 atom stereocenters. The fourth-order valence-corrected chi connectivity index (χ4v) is 2.94. The second kappa shape index (κ2) is 7.32. The number of rotatable bonds is 4. The molecule has 1 saturated heterocycles. The van der Waals surface area contributed by atoms with E-state index in [1.807, 2.05) is 47.4 Å². The van der Waals surface area contributed by atoms with Crippen LogP contribution in [0.4, 0.5) is 0 Å². The topological polar surface area (TPSA) is 29.5 Å². The van der Waals surface area contributed by atoms with Crippen LogP contribution >= 0.6 is 0 Å². The highest BCUT2D eigenvalue weighted by Gasteiger charge is 2.20. The summed E-state index contributed by atoms with van der Waals surface area (Å²) < 4.78 is 5.84. The molecule has 1 amide bonds. The van der Waals surface area contributed by atoms with Crippen molar-refractivity contribution in [2.45, 2.75) is 19.8 Å². The molecular weight excluding hydrogens is 286 g/mol. The molecule has 1 aliphatic rings. The molecule has 3 nitrogen and oxygen atoms in total. The van der Waals surface area contributed by atoms with Gasteiger partial charge in [-0.1, -0.05) is 55.5 Å². The number of hydrogen-bond acceptors (Lipinski definition) is 2. The quantitative estimate of drug-likeness (QED) is 0.854. The van der Waals surface area contributed by atoms with Gasteiger partial charge in [-0.3, -0.25) is 4.79 Å². The molecule has 0 saturated carbocycles. The van der Waals surface area contributed by atoms with Crippen LogP contribution in [0.5, 0.6) is 5.75 Å². The van der Waals surface area contributed by atoms with Crippen molar-refractivity contribution in [3.63, 3.8) is 0 Å². The predicted octanol–water partition coefficient (Wildman–Crippen LogP) is 3.99.